The molecule has 15 heavy (non-hydrogen) atoms. The van der Waals surface area contributed by atoms with Crippen LogP contribution in [-0.4, -0.2) is 12.4 Å². The molecule has 0 amide bonds. The molecule has 0 atom stereocenters. The van der Waals surface area contributed by atoms with E-state index < -0.39 is 0 Å². The van der Waals surface area contributed by atoms with Gasteiger partial charge < -0.3 is 4.74 Å². The number of ketones is 1. The molecule has 0 spiro atoms. The van der Waals surface area contributed by atoms with Crippen LogP contribution in [0.4, 0.5) is 0 Å². The number of hydrogen-bond acceptors (Lipinski definition) is 2. The van der Waals surface area contributed by atoms with E-state index >= 15 is 0 Å². The average Bonchev–Trinajstić information content (AvgIpc) is 2.19. The number of carbonyl (C=O) groups is 1. The van der Waals surface area contributed by atoms with E-state index in [0.29, 0.717) is 6.61 Å². The van der Waals surface area contributed by atoms with Gasteiger partial charge in [-0.1, -0.05) is 12.1 Å². The van der Waals surface area contributed by atoms with Gasteiger partial charge in [0.15, 0.2) is 5.78 Å². The fourth-order valence-electron chi connectivity index (χ4n) is 1.31. The first-order chi connectivity index (χ1) is 7.13. The first-order valence-corrected chi connectivity index (χ1v) is 5.05. The molecule has 1 aromatic carbocycles. The molecule has 0 radical (unpaired) electrons. The molecule has 0 saturated carbocycles. The van der Waals surface area contributed by atoms with Gasteiger partial charge in [-0.2, -0.15) is 0 Å². The van der Waals surface area contributed by atoms with Crippen LogP contribution >= 0.6 is 0 Å². The summed E-state index contributed by atoms with van der Waals surface area (Å²) in [6, 6.07) is 5.88. The van der Waals surface area contributed by atoms with E-state index in [1.165, 1.54) is 6.92 Å². The Labute approximate surface area is 90.6 Å². The van der Waals surface area contributed by atoms with E-state index in [4.69, 9.17) is 4.74 Å². The molecule has 2 nitrogen and oxygen atoms in total. The Balaban J connectivity index is 2.86. The zero-order chi connectivity index (χ0) is 11.3. The van der Waals surface area contributed by atoms with E-state index in [-0.39, 0.29) is 5.78 Å². The van der Waals surface area contributed by atoms with Crippen LogP contribution in [0.2, 0.25) is 0 Å². The van der Waals surface area contributed by atoms with Crippen LogP contribution in [0.5, 0.6) is 5.75 Å². The lowest BCUT2D eigenvalue weighted by atomic mass is 10.1. The van der Waals surface area contributed by atoms with Crippen LogP contribution in [0.15, 0.2) is 24.3 Å². The summed E-state index contributed by atoms with van der Waals surface area (Å²) >= 11 is 0. The normalized spacial score (nSPS) is 10.6. The fourth-order valence-corrected chi connectivity index (χ4v) is 1.31. The summed E-state index contributed by atoms with van der Waals surface area (Å²) in [7, 11) is 0. The highest BCUT2D eigenvalue weighted by atomic mass is 16.5. The third-order valence-electron chi connectivity index (χ3n) is 2.01. The van der Waals surface area contributed by atoms with Gasteiger partial charge in [0.05, 0.1) is 6.61 Å². The van der Waals surface area contributed by atoms with Crippen molar-refractivity contribution in [2.45, 2.75) is 20.8 Å². The van der Waals surface area contributed by atoms with Crippen LogP contribution in [-0.2, 0) is 4.79 Å². The SMILES string of the molecule is CCOc1ccc(/C=C/C(C)=O)cc1C. The summed E-state index contributed by atoms with van der Waals surface area (Å²) in [6.45, 7) is 6.17. The largest absolute Gasteiger partial charge is 0.494 e. The molecule has 0 unspecified atom stereocenters. The molecule has 80 valence electrons. The van der Waals surface area contributed by atoms with Crippen molar-refractivity contribution in [1.29, 1.82) is 0 Å². The van der Waals surface area contributed by atoms with Crippen molar-refractivity contribution in [3.8, 4) is 5.75 Å². The van der Waals surface area contributed by atoms with Gasteiger partial charge in [0.1, 0.15) is 5.75 Å². The molecule has 0 aromatic heterocycles. The lowest BCUT2D eigenvalue weighted by Crippen LogP contribution is -1.93. The Morgan fingerprint density at radius 2 is 2.20 bits per heavy atom. The van der Waals surface area contributed by atoms with Crippen molar-refractivity contribution in [2.24, 2.45) is 0 Å². The van der Waals surface area contributed by atoms with Gasteiger partial charge in [-0.15, -0.1) is 0 Å². The molecule has 0 saturated heterocycles. The smallest absolute Gasteiger partial charge is 0.152 e. The molecule has 2 heteroatoms. The van der Waals surface area contributed by atoms with Crippen LogP contribution in [0.25, 0.3) is 6.08 Å². The van der Waals surface area contributed by atoms with Gasteiger partial charge in [0.25, 0.3) is 0 Å². The first-order valence-electron chi connectivity index (χ1n) is 5.05. The Morgan fingerprint density at radius 1 is 1.47 bits per heavy atom. The Hall–Kier alpha value is -1.57. The van der Waals surface area contributed by atoms with Gasteiger partial charge >= 0.3 is 0 Å². The van der Waals surface area contributed by atoms with E-state index in [2.05, 4.69) is 0 Å². The topological polar surface area (TPSA) is 26.3 Å². The van der Waals surface area contributed by atoms with Crippen LogP contribution in [0.1, 0.15) is 25.0 Å². The van der Waals surface area contributed by atoms with Crippen LogP contribution in [0, 0.1) is 6.92 Å². The summed E-state index contributed by atoms with van der Waals surface area (Å²) in [6.07, 6.45) is 3.38. The fraction of sp³-hybridized carbons (Fsp3) is 0.308. The standard InChI is InChI=1S/C13H16O2/c1-4-15-13-8-7-12(9-10(13)2)6-5-11(3)14/h5-9H,4H2,1-3H3/b6-5+. The van der Waals surface area contributed by atoms with Crippen molar-refractivity contribution in [3.63, 3.8) is 0 Å². The molecule has 0 bridgehead atoms. The minimum absolute atomic E-state index is 0.0570. The molecule has 0 aliphatic carbocycles. The molecule has 1 rings (SSSR count). The van der Waals surface area contributed by atoms with Crippen LogP contribution in [0.3, 0.4) is 0 Å². The van der Waals surface area contributed by atoms with E-state index in [1.807, 2.05) is 38.1 Å². The summed E-state index contributed by atoms with van der Waals surface area (Å²) in [5, 5.41) is 0. The number of allylic oxidation sites excluding steroid dienone is 1. The molecule has 0 aliphatic heterocycles. The maximum absolute atomic E-state index is 10.8. The van der Waals surface area contributed by atoms with Gasteiger partial charge in [-0.05, 0) is 50.1 Å². The van der Waals surface area contributed by atoms with Crippen molar-refractivity contribution >= 4 is 11.9 Å². The number of rotatable bonds is 4. The molecule has 0 heterocycles. The average molecular weight is 204 g/mol. The van der Waals surface area contributed by atoms with Gasteiger partial charge in [-0.3, -0.25) is 4.79 Å². The maximum atomic E-state index is 10.8. The van der Waals surface area contributed by atoms with Gasteiger partial charge in [0, 0.05) is 0 Å². The monoisotopic (exact) mass is 204 g/mol. The summed E-state index contributed by atoms with van der Waals surface area (Å²) in [4.78, 5) is 10.8. The molecule has 1 aromatic rings. The van der Waals surface area contributed by atoms with E-state index in [1.54, 1.807) is 6.08 Å². The van der Waals surface area contributed by atoms with Gasteiger partial charge in [-0.25, -0.2) is 0 Å². The third kappa shape index (κ3) is 3.58. The zero-order valence-electron chi connectivity index (χ0n) is 9.41. The molecular weight excluding hydrogens is 188 g/mol. The number of carbonyl (C=O) groups excluding carboxylic acids is 1. The number of ether oxygens (including phenoxy) is 1. The molecular formula is C13H16O2. The van der Waals surface area contributed by atoms with Crippen molar-refractivity contribution < 1.29 is 9.53 Å². The molecule has 0 aliphatic rings. The first kappa shape index (κ1) is 11.5. The van der Waals surface area contributed by atoms with Crippen molar-refractivity contribution in [1.82, 2.24) is 0 Å². The van der Waals surface area contributed by atoms with Gasteiger partial charge in [0.2, 0.25) is 0 Å². The minimum atomic E-state index is 0.0570. The molecule has 0 fully saturated rings. The second kappa shape index (κ2) is 5.35. The lowest BCUT2D eigenvalue weighted by molar-refractivity contribution is -0.112. The highest BCUT2D eigenvalue weighted by Gasteiger charge is 1.98. The highest BCUT2D eigenvalue weighted by Crippen LogP contribution is 2.19. The molecule has 0 N–H and O–H groups in total. The lowest BCUT2D eigenvalue weighted by Gasteiger charge is -2.06. The Morgan fingerprint density at radius 3 is 2.73 bits per heavy atom. The maximum Gasteiger partial charge on any atom is 0.152 e. The van der Waals surface area contributed by atoms with E-state index in [9.17, 15) is 4.79 Å². The summed E-state index contributed by atoms with van der Waals surface area (Å²) in [5.41, 5.74) is 2.11. The Bertz CT molecular complexity index is 378. The summed E-state index contributed by atoms with van der Waals surface area (Å²) in [5.74, 6) is 0.957. The van der Waals surface area contributed by atoms with Crippen molar-refractivity contribution in [2.75, 3.05) is 6.61 Å². The number of benzene rings is 1. The Kier molecular flexibility index (Phi) is 4.10. The van der Waals surface area contributed by atoms with Crippen molar-refractivity contribution in [3.05, 3.63) is 35.4 Å². The van der Waals surface area contributed by atoms with Crippen LogP contribution < -0.4 is 4.74 Å². The second-order valence-corrected chi connectivity index (χ2v) is 3.40. The zero-order valence-corrected chi connectivity index (χ0v) is 9.41. The second-order valence-electron chi connectivity index (χ2n) is 3.40. The summed E-state index contributed by atoms with van der Waals surface area (Å²) < 4.78 is 5.43. The number of hydrogen-bond donors (Lipinski definition) is 0. The minimum Gasteiger partial charge on any atom is -0.494 e. The van der Waals surface area contributed by atoms with E-state index in [0.717, 1.165) is 16.9 Å². The number of aryl methyl sites for hydroxylation is 1. The highest BCUT2D eigenvalue weighted by molar-refractivity contribution is 5.91. The predicted molar refractivity (Wildman–Crippen MR) is 62.1 cm³/mol. The third-order valence-corrected chi connectivity index (χ3v) is 2.01. The predicted octanol–water partition coefficient (Wildman–Crippen LogP) is 3.00. The quantitative estimate of drug-likeness (QED) is 0.705.